The van der Waals surface area contributed by atoms with Crippen molar-refractivity contribution in [3.05, 3.63) is 35.4 Å². The smallest absolute Gasteiger partial charge is 0.153 e. The average molecular weight is 255 g/mol. The van der Waals surface area contributed by atoms with Crippen molar-refractivity contribution in [2.45, 2.75) is 26.7 Å². The molecule has 3 N–H and O–H groups in total. The number of hydrogen-bond acceptors (Lipinski definition) is 3. The summed E-state index contributed by atoms with van der Waals surface area (Å²) in [4.78, 5) is 0. The van der Waals surface area contributed by atoms with Crippen LogP contribution in [0.4, 0.5) is 5.82 Å². The highest BCUT2D eigenvalue weighted by Crippen LogP contribution is 2.31. The van der Waals surface area contributed by atoms with Crippen LogP contribution in [0.25, 0.3) is 22.4 Å². The van der Waals surface area contributed by atoms with Crippen LogP contribution >= 0.6 is 0 Å². The van der Waals surface area contributed by atoms with Crippen LogP contribution in [-0.2, 0) is 6.42 Å². The number of nitrogen functional groups attached to an aromatic ring is 1. The molecule has 0 atom stereocenters. The summed E-state index contributed by atoms with van der Waals surface area (Å²) in [6, 6.07) is 8.19. The molecule has 0 fully saturated rings. The van der Waals surface area contributed by atoms with E-state index in [0.717, 1.165) is 40.8 Å². The first-order valence-corrected chi connectivity index (χ1v) is 6.52. The van der Waals surface area contributed by atoms with Crippen molar-refractivity contribution in [1.29, 1.82) is 0 Å². The summed E-state index contributed by atoms with van der Waals surface area (Å²) in [5, 5.41) is 8.18. The van der Waals surface area contributed by atoms with E-state index in [1.165, 1.54) is 5.56 Å². The molecule has 0 saturated carbocycles. The fourth-order valence-corrected chi connectivity index (χ4v) is 2.37. The number of nitrogens with zero attached hydrogens (tertiary/aromatic N) is 1. The molecular weight excluding hydrogens is 238 g/mol. The van der Waals surface area contributed by atoms with E-state index in [0.29, 0.717) is 5.82 Å². The van der Waals surface area contributed by atoms with Crippen LogP contribution in [0.1, 0.15) is 24.5 Å². The Hall–Kier alpha value is -2.23. The van der Waals surface area contributed by atoms with Gasteiger partial charge in [-0.3, -0.25) is 5.10 Å². The molecule has 0 bridgehead atoms. The SMILES string of the molecule is CCCc1c(N)n[nH]c1-c1cc2cc(C)ccc2o1. The molecule has 3 aromatic rings. The Labute approximate surface area is 111 Å². The van der Waals surface area contributed by atoms with Crippen LogP contribution in [0.3, 0.4) is 0 Å². The summed E-state index contributed by atoms with van der Waals surface area (Å²) in [5.41, 5.74) is 9.94. The minimum absolute atomic E-state index is 0.563. The van der Waals surface area contributed by atoms with Crippen LogP contribution in [0, 0.1) is 6.92 Å². The number of nitrogens with one attached hydrogen (secondary N) is 1. The topological polar surface area (TPSA) is 67.8 Å². The lowest BCUT2D eigenvalue weighted by Crippen LogP contribution is -1.92. The highest BCUT2D eigenvalue weighted by atomic mass is 16.3. The van der Waals surface area contributed by atoms with Gasteiger partial charge in [0.1, 0.15) is 17.1 Å². The van der Waals surface area contributed by atoms with Crippen LogP contribution in [-0.4, -0.2) is 10.2 Å². The Balaban J connectivity index is 2.13. The molecule has 4 heteroatoms. The largest absolute Gasteiger partial charge is 0.454 e. The van der Waals surface area contributed by atoms with Crippen molar-refractivity contribution in [2.24, 2.45) is 0 Å². The van der Waals surface area contributed by atoms with Crippen molar-refractivity contribution >= 4 is 16.8 Å². The van der Waals surface area contributed by atoms with Gasteiger partial charge >= 0.3 is 0 Å². The molecule has 98 valence electrons. The fraction of sp³-hybridized carbons (Fsp3) is 0.267. The number of benzene rings is 1. The Morgan fingerprint density at radius 2 is 2.16 bits per heavy atom. The second-order valence-electron chi connectivity index (χ2n) is 4.86. The number of aryl methyl sites for hydroxylation is 1. The first-order chi connectivity index (χ1) is 9.19. The third-order valence-corrected chi connectivity index (χ3v) is 3.32. The van der Waals surface area contributed by atoms with Gasteiger partial charge in [0.2, 0.25) is 0 Å². The van der Waals surface area contributed by atoms with E-state index in [9.17, 15) is 0 Å². The number of anilines is 1. The van der Waals surface area contributed by atoms with Gasteiger partial charge in [-0.15, -0.1) is 0 Å². The molecule has 0 unspecified atom stereocenters. The normalized spacial score (nSPS) is 11.3. The van der Waals surface area contributed by atoms with Crippen molar-refractivity contribution in [3.8, 4) is 11.5 Å². The second-order valence-corrected chi connectivity index (χ2v) is 4.86. The molecule has 0 aliphatic rings. The molecular formula is C15H17N3O. The van der Waals surface area contributed by atoms with E-state index in [1.54, 1.807) is 0 Å². The second kappa shape index (κ2) is 4.46. The molecule has 4 nitrogen and oxygen atoms in total. The summed E-state index contributed by atoms with van der Waals surface area (Å²) in [6.45, 7) is 4.20. The van der Waals surface area contributed by atoms with E-state index in [4.69, 9.17) is 10.2 Å². The Morgan fingerprint density at radius 1 is 1.32 bits per heavy atom. The van der Waals surface area contributed by atoms with Crippen molar-refractivity contribution < 1.29 is 4.42 Å². The molecule has 0 saturated heterocycles. The maximum absolute atomic E-state index is 5.90. The van der Waals surface area contributed by atoms with Gasteiger partial charge in [0.25, 0.3) is 0 Å². The predicted octanol–water partition coefficient (Wildman–Crippen LogP) is 3.67. The number of rotatable bonds is 3. The van der Waals surface area contributed by atoms with Crippen LogP contribution in [0.5, 0.6) is 0 Å². The molecule has 2 aromatic heterocycles. The lowest BCUT2D eigenvalue weighted by atomic mass is 10.1. The summed E-state index contributed by atoms with van der Waals surface area (Å²) < 4.78 is 5.88. The predicted molar refractivity (Wildman–Crippen MR) is 76.9 cm³/mol. The molecule has 1 aromatic carbocycles. The molecule has 0 radical (unpaired) electrons. The Morgan fingerprint density at radius 3 is 2.95 bits per heavy atom. The zero-order valence-electron chi connectivity index (χ0n) is 11.2. The Bertz CT molecular complexity index is 724. The standard InChI is InChI=1S/C15H17N3O/c1-3-4-11-14(17-18-15(11)16)13-8-10-7-9(2)5-6-12(10)19-13/h5-8H,3-4H2,1-2H3,(H3,16,17,18). The first kappa shape index (κ1) is 11.8. The molecule has 2 heterocycles. The summed E-state index contributed by atoms with van der Waals surface area (Å²) in [6.07, 6.45) is 1.92. The van der Waals surface area contributed by atoms with Gasteiger partial charge in [-0.2, -0.15) is 5.10 Å². The van der Waals surface area contributed by atoms with E-state index in [1.807, 2.05) is 18.2 Å². The zero-order valence-corrected chi connectivity index (χ0v) is 11.2. The third-order valence-electron chi connectivity index (χ3n) is 3.32. The van der Waals surface area contributed by atoms with Crippen molar-refractivity contribution in [3.63, 3.8) is 0 Å². The number of fused-ring (bicyclic) bond motifs is 1. The number of nitrogens with two attached hydrogens (primary N) is 1. The Kier molecular flexibility index (Phi) is 2.78. The van der Waals surface area contributed by atoms with Crippen LogP contribution in [0.2, 0.25) is 0 Å². The number of H-pyrrole nitrogens is 1. The van der Waals surface area contributed by atoms with E-state index < -0.39 is 0 Å². The highest BCUT2D eigenvalue weighted by molar-refractivity contribution is 5.83. The van der Waals surface area contributed by atoms with Crippen molar-refractivity contribution in [1.82, 2.24) is 10.2 Å². The van der Waals surface area contributed by atoms with E-state index in [2.05, 4.69) is 30.1 Å². The monoisotopic (exact) mass is 255 g/mol. The number of aromatic amines is 1. The minimum atomic E-state index is 0.563. The van der Waals surface area contributed by atoms with Gasteiger partial charge < -0.3 is 10.2 Å². The van der Waals surface area contributed by atoms with Gasteiger partial charge in [-0.05, 0) is 31.5 Å². The molecule has 19 heavy (non-hydrogen) atoms. The molecule has 0 spiro atoms. The maximum atomic E-state index is 5.90. The number of aromatic nitrogens is 2. The van der Waals surface area contributed by atoms with E-state index >= 15 is 0 Å². The number of hydrogen-bond donors (Lipinski definition) is 2. The van der Waals surface area contributed by atoms with Gasteiger partial charge in [-0.1, -0.05) is 25.0 Å². The highest BCUT2D eigenvalue weighted by Gasteiger charge is 2.15. The first-order valence-electron chi connectivity index (χ1n) is 6.52. The van der Waals surface area contributed by atoms with E-state index in [-0.39, 0.29) is 0 Å². The molecule has 0 aliphatic carbocycles. The fourth-order valence-electron chi connectivity index (χ4n) is 2.37. The molecule has 3 rings (SSSR count). The van der Waals surface area contributed by atoms with Gasteiger partial charge in [0.05, 0.1) is 0 Å². The quantitative estimate of drug-likeness (QED) is 0.750. The molecule has 0 amide bonds. The summed E-state index contributed by atoms with van der Waals surface area (Å²) in [5.74, 6) is 1.36. The number of furan rings is 1. The average Bonchev–Trinajstić information content (AvgIpc) is 2.94. The van der Waals surface area contributed by atoms with Gasteiger partial charge in [0, 0.05) is 10.9 Å². The van der Waals surface area contributed by atoms with Crippen LogP contribution in [0.15, 0.2) is 28.7 Å². The molecule has 0 aliphatic heterocycles. The summed E-state index contributed by atoms with van der Waals surface area (Å²) in [7, 11) is 0. The summed E-state index contributed by atoms with van der Waals surface area (Å²) >= 11 is 0. The lowest BCUT2D eigenvalue weighted by molar-refractivity contribution is 0.627. The third kappa shape index (κ3) is 1.99. The van der Waals surface area contributed by atoms with Crippen molar-refractivity contribution in [2.75, 3.05) is 5.73 Å². The maximum Gasteiger partial charge on any atom is 0.153 e. The van der Waals surface area contributed by atoms with Gasteiger partial charge in [-0.25, -0.2) is 0 Å². The lowest BCUT2D eigenvalue weighted by Gasteiger charge is -1.98. The minimum Gasteiger partial charge on any atom is -0.454 e. The van der Waals surface area contributed by atoms with Crippen LogP contribution < -0.4 is 5.73 Å². The zero-order chi connectivity index (χ0) is 13.4. The van der Waals surface area contributed by atoms with Gasteiger partial charge in [0.15, 0.2) is 5.76 Å².